The number of ketones is 1. The standard InChI is InChI=1S/C27H25ClN2O6/c1-18(26(33)20-11-13-21(14-12-20)35-17-19-7-3-2-4-8-19)36-25(32)16-15-24(31)29-30-27(34)22-9-5-6-10-23(22)28/h2-14,18H,15-17H2,1H3,(H,29,31)(H,30,34). The van der Waals surface area contributed by atoms with Gasteiger partial charge in [-0.2, -0.15) is 0 Å². The zero-order valence-electron chi connectivity index (χ0n) is 19.5. The molecule has 3 rings (SSSR count). The lowest BCUT2D eigenvalue weighted by Crippen LogP contribution is -2.41. The summed E-state index contributed by atoms with van der Waals surface area (Å²) in [7, 11) is 0. The molecule has 3 aromatic carbocycles. The van der Waals surface area contributed by atoms with Gasteiger partial charge >= 0.3 is 5.97 Å². The van der Waals surface area contributed by atoms with E-state index in [-0.39, 0.29) is 29.2 Å². The lowest BCUT2D eigenvalue weighted by molar-refractivity contribution is -0.147. The van der Waals surface area contributed by atoms with Crippen molar-refractivity contribution in [2.75, 3.05) is 0 Å². The normalized spacial score (nSPS) is 11.2. The summed E-state index contributed by atoms with van der Waals surface area (Å²) >= 11 is 5.93. The van der Waals surface area contributed by atoms with Crippen LogP contribution >= 0.6 is 11.6 Å². The Morgan fingerprint density at radius 3 is 2.19 bits per heavy atom. The molecule has 0 bridgehead atoms. The summed E-state index contributed by atoms with van der Waals surface area (Å²) in [5.74, 6) is -1.68. The third-order valence-electron chi connectivity index (χ3n) is 5.05. The summed E-state index contributed by atoms with van der Waals surface area (Å²) in [6.07, 6.45) is -1.54. The second-order valence-corrected chi connectivity index (χ2v) is 8.18. The number of Topliss-reactive ketones (excluding diaryl/α,β-unsaturated/α-hetero) is 1. The highest BCUT2D eigenvalue weighted by Crippen LogP contribution is 2.17. The molecule has 2 amide bonds. The van der Waals surface area contributed by atoms with Crippen molar-refractivity contribution in [3.8, 4) is 5.75 Å². The number of nitrogens with one attached hydrogen (secondary N) is 2. The number of hydrazine groups is 1. The molecule has 0 spiro atoms. The predicted octanol–water partition coefficient (Wildman–Crippen LogP) is 4.27. The van der Waals surface area contributed by atoms with Crippen molar-refractivity contribution >= 4 is 35.2 Å². The Morgan fingerprint density at radius 1 is 0.833 bits per heavy atom. The van der Waals surface area contributed by atoms with Gasteiger partial charge in [0.1, 0.15) is 12.4 Å². The minimum Gasteiger partial charge on any atom is -0.489 e. The van der Waals surface area contributed by atoms with E-state index in [1.54, 1.807) is 42.5 Å². The van der Waals surface area contributed by atoms with Crippen LogP contribution in [0.25, 0.3) is 0 Å². The molecule has 186 valence electrons. The molecule has 0 saturated heterocycles. The highest BCUT2D eigenvalue weighted by molar-refractivity contribution is 6.33. The smallest absolute Gasteiger partial charge is 0.307 e. The van der Waals surface area contributed by atoms with E-state index in [9.17, 15) is 19.2 Å². The first-order chi connectivity index (χ1) is 17.3. The van der Waals surface area contributed by atoms with Gasteiger partial charge in [0.05, 0.1) is 17.0 Å². The predicted molar refractivity (Wildman–Crippen MR) is 133 cm³/mol. The number of hydrogen-bond donors (Lipinski definition) is 2. The van der Waals surface area contributed by atoms with Crippen LogP contribution in [0.4, 0.5) is 0 Å². The summed E-state index contributed by atoms with van der Waals surface area (Å²) in [6.45, 7) is 1.86. The zero-order chi connectivity index (χ0) is 25.9. The van der Waals surface area contributed by atoms with Gasteiger partial charge in [-0.25, -0.2) is 0 Å². The van der Waals surface area contributed by atoms with E-state index in [0.29, 0.717) is 17.9 Å². The summed E-state index contributed by atoms with van der Waals surface area (Å²) in [4.78, 5) is 48.7. The van der Waals surface area contributed by atoms with Crippen LogP contribution in [-0.4, -0.2) is 29.7 Å². The highest BCUT2D eigenvalue weighted by Gasteiger charge is 2.20. The van der Waals surface area contributed by atoms with Gasteiger partial charge in [0, 0.05) is 12.0 Å². The van der Waals surface area contributed by atoms with Crippen molar-refractivity contribution in [2.45, 2.75) is 32.5 Å². The van der Waals surface area contributed by atoms with Crippen LogP contribution in [0.3, 0.4) is 0 Å². The molecule has 0 aliphatic heterocycles. The molecule has 0 heterocycles. The van der Waals surface area contributed by atoms with E-state index in [0.717, 1.165) is 5.56 Å². The van der Waals surface area contributed by atoms with Crippen molar-refractivity contribution in [3.63, 3.8) is 0 Å². The minimum absolute atomic E-state index is 0.196. The van der Waals surface area contributed by atoms with Crippen LogP contribution in [0.1, 0.15) is 46.0 Å². The summed E-state index contributed by atoms with van der Waals surface area (Å²) < 4.78 is 10.9. The highest BCUT2D eigenvalue weighted by atomic mass is 35.5. The van der Waals surface area contributed by atoms with Crippen LogP contribution in [0.15, 0.2) is 78.9 Å². The third kappa shape index (κ3) is 7.95. The van der Waals surface area contributed by atoms with Gasteiger partial charge < -0.3 is 9.47 Å². The molecule has 0 aliphatic rings. The van der Waals surface area contributed by atoms with Crippen LogP contribution in [-0.2, 0) is 20.9 Å². The average Bonchev–Trinajstić information content (AvgIpc) is 2.90. The molecule has 1 unspecified atom stereocenters. The van der Waals surface area contributed by atoms with Crippen LogP contribution in [0.2, 0.25) is 5.02 Å². The van der Waals surface area contributed by atoms with Gasteiger partial charge in [-0.1, -0.05) is 54.1 Å². The minimum atomic E-state index is -1.03. The first-order valence-electron chi connectivity index (χ1n) is 11.2. The molecule has 0 saturated carbocycles. The van der Waals surface area contributed by atoms with Crippen molar-refractivity contribution in [1.29, 1.82) is 0 Å². The Balaban J connectivity index is 1.39. The number of esters is 1. The van der Waals surface area contributed by atoms with Crippen molar-refractivity contribution in [1.82, 2.24) is 10.9 Å². The molecule has 9 heteroatoms. The number of rotatable bonds is 10. The molecule has 8 nitrogen and oxygen atoms in total. The molecule has 0 aromatic heterocycles. The monoisotopic (exact) mass is 508 g/mol. The first-order valence-corrected chi connectivity index (χ1v) is 11.6. The number of carbonyl (C=O) groups is 4. The molecule has 0 radical (unpaired) electrons. The number of halogens is 1. The number of benzene rings is 3. The fraction of sp³-hybridized carbons (Fsp3) is 0.185. The van der Waals surface area contributed by atoms with Gasteiger partial charge in [0.2, 0.25) is 11.7 Å². The Morgan fingerprint density at radius 2 is 1.50 bits per heavy atom. The van der Waals surface area contributed by atoms with E-state index in [4.69, 9.17) is 21.1 Å². The van der Waals surface area contributed by atoms with E-state index < -0.39 is 23.9 Å². The van der Waals surface area contributed by atoms with Gasteiger partial charge in [0.15, 0.2) is 6.10 Å². The van der Waals surface area contributed by atoms with Gasteiger partial charge in [-0.3, -0.25) is 30.0 Å². The Bertz CT molecular complexity index is 1210. The summed E-state index contributed by atoms with van der Waals surface area (Å²) in [5, 5.41) is 0.237. The average molecular weight is 509 g/mol. The summed E-state index contributed by atoms with van der Waals surface area (Å²) in [6, 6.07) is 22.6. The lowest BCUT2D eigenvalue weighted by atomic mass is 10.1. The second kappa shape index (κ2) is 13.1. The molecule has 3 aromatic rings. The van der Waals surface area contributed by atoms with E-state index in [2.05, 4.69) is 10.9 Å². The maximum absolute atomic E-state index is 12.6. The molecule has 0 aliphatic carbocycles. The Labute approximate surface area is 213 Å². The van der Waals surface area contributed by atoms with E-state index in [1.807, 2.05) is 30.3 Å². The fourth-order valence-corrected chi connectivity index (χ4v) is 3.34. The van der Waals surface area contributed by atoms with Crippen LogP contribution < -0.4 is 15.6 Å². The fourth-order valence-electron chi connectivity index (χ4n) is 3.12. The molecule has 36 heavy (non-hydrogen) atoms. The van der Waals surface area contributed by atoms with Crippen molar-refractivity contribution in [3.05, 3.63) is 101 Å². The SMILES string of the molecule is CC(OC(=O)CCC(=O)NNC(=O)c1ccccc1Cl)C(=O)c1ccc(OCc2ccccc2)cc1. The topological polar surface area (TPSA) is 111 Å². The van der Waals surface area contributed by atoms with Crippen LogP contribution in [0.5, 0.6) is 5.75 Å². The maximum Gasteiger partial charge on any atom is 0.307 e. The maximum atomic E-state index is 12.6. The largest absolute Gasteiger partial charge is 0.489 e. The molecule has 1 atom stereocenters. The van der Waals surface area contributed by atoms with Crippen molar-refractivity contribution in [2.24, 2.45) is 0 Å². The number of carbonyl (C=O) groups excluding carboxylic acids is 4. The Hall–Kier alpha value is -4.17. The first kappa shape index (κ1) is 26.4. The zero-order valence-corrected chi connectivity index (χ0v) is 20.3. The molecule has 0 fully saturated rings. The van der Waals surface area contributed by atoms with Crippen molar-refractivity contribution < 1.29 is 28.7 Å². The van der Waals surface area contributed by atoms with Gasteiger partial charge in [-0.15, -0.1) is 0 Å². The second-order valence-electron chi connectivity index (χ2n) is 7.78. The number of amides is 2. The van der Waals surface area contributed by atoms with E-state index >= 15 is 0 Å². The quantitative estimate of drug-likeness (QED) is 0.240. The molecule has 2 N–H and O–H groups in total. The Kier molecular flexibility index (Phi) is 9.59. The third-order valence-corrected chi connectivity index (χ3v) is 5.38. The number of ether oxygens (including phenoxy) is 2. The van der Waals surface area contributed by atoms with Gasteiger partial charge in [-0.05, 0) is 48.9 Å². The molecular formula is C27H25ClN2O6. The number of hydrogen-bond acceptors (Lipinski definition) is 6. The van der Waals surface area contributed by atoms with Crippen LogP contribution in [0, 0.1) is 0 Å². The molecular weight excluding hydrogens is 484 g/mol. The van der Waals surface area contributed by atoms with E-state index in [1.165, 1.54) is 13.0 Å². The van der Waals surface area contributed by atoms with Gasteiger partial charge in [0.25, 0.3) is 5.91 Å². The summed E-state index contributed by atoms with van der Waals surface area (Å²) in [5.41, 5.74) is 6.02. The lowest BCUT2D eigenvalue weighted by Gasteiger charge is -2.13.